The molecule has 1 fully saturated rings. The van der Waals surface area contributed by atoms with E-state index in [4.69, 9.17) is 15.2 Å². The summed E-state index contributed by atoms with van der Waals surface area (Å²) in [6, 6.07) is 11.0. The fourth-order valence-electron chi connectivity index (χ4n) is 4.10. The molecule has 0 saturated heterocycles. The van der Waals surface area contributed by atoms with Gasteiger partial charge in [0, 0.05) is 24.1 Å². The fraction of sp³-hybridized carbons (Fsp3) is 0.348. The van der Waals surface area contributed by atoms with Gasteiger partial charge in [-0.05, 0) is 80.0 Å². The molecule has 30 heavy (non-hydrogen) atoms. The Hall–Kier alpha value is -3.35. The van der Waals surface area contributed by atoms with E-state index in [9.17, 15) is 4.79 Å². The molecule has 1 aliphatic rings. The number of fused-ring (bicyclic) bond motifs is 1. The van der Waals surface area contributed by atoms with Gasteiger partial charge in [0.25, 0.3) is 0 Å². The van der Waals surface area contributed by atoms with Crippen LogP contribution in [-0.4, -0.2) is 29.2 Å². The van der Waals surface area contributed by atoms with E-state index < -0.39 is 6.09 Å². The van der Waals surface area contributed by atoms with Gasteiger partial charge in [-0.2, -0.15) is 0 Å². The summed E-state index contributed by atoms with van der Waals surface area (Å²) in [4.78, 5) is 21.1. The molecule has 4 rings (SSSR count). The molecule has 1 amide bonds. The van der Waals surface area contributed by atoms with Crippen LogP contribution in [0.2, 0.25) is 0 Å². The Labute approximate surface area is 175 Å². The van der Waals surface area contributed by atoms with E-state index in [1.165, 1.54) is 0 Å². The predicted octanol–water partition coefficient (Wildman–Crippen LogP) is 4.11. The minimum atomic E-state index is -0.416. The predicted molar refractivity (Wildman–Crippen MR) is 116 cm³/mol. The summed E-state index contributed by atoms with van der Waals surface area (Å²) in [6.07, 6.45) is 7.82. The van der Waals surface area contributed by atoms with Gasteiger partial charge in [-0.3, -0.25) is 9.97 Å². The van der Waals surface area contributed by atoms with Crippen molar-refractivity contribution >= 4 is 22.8 Å². The summed E-state index contributed by atoms with van der Waals surface area (Å²) in [5, 5.41) is 2.98. The van der Waals surface area contributed by atoms with Gasteiger partial charge in [0.2, 0.25) is 0 Å². The lowest BCUT2D eigenvalue weighted by atomic mass is 9.82. The highest BCUT2D eigenvalue weighted by Gasteiger charge is 2.24. The first-order valence-electron chi connectivity index (χ1n) is 10.2. The first-order valence-corrected chi connectivity index (χ1v) is 10.2. The number of aromatic nitrogens is 2. The molecule has 2 aromatic carbocycles. The molecule has 1 heterocycles. The highest BCUT2D eigenvalue weighted by Crippen LogP contribution is 2.30. The van der Waals surface area contributed by atoms with E-state index >= 15 is 0 Å². The Morgan fingerprint density at radius 3 is 2.50 bits per heavy atom. The molecule has 156 valence electrons. The zero-order valence-corrected chi connectivity index (χ0v) is 17.0. The van der Waals surface area contributed by atoms with Gasteiger partial charge in [-0.1, -0.05) is 0 Å². The second-order valence-corrected chi connectivity index (χ2v) is 7.74. The van der Waals surface area contributed by atoms with Crippen LogP contribution in [-0.2, 0) is 6.42 Å². The Morgan fingerprint density at radius 1 is 1.07 bits per heavy atom. The number of amides is 1. The quantitative estimate of drug-likeness (QED) is 0.619. The normalized spacial score (nSPS) is 18.7. The van der Waals surface area contributed by atoms with Gasteiger partial charge in [-0.25, -0.2) is 4.79 Å². The molecular weight excluding hydrogens is 380 g/mol. The van der Waals surface area contributed by atoms with E-state index in [2.05, 4.69) is 15.3 Å². The highest BCUT2D eigenvalue weighted by molar-refractivity contribution is 5.81. The summed E-state index contributed by atoms with van der Waals surface area (Å²) >= 11 is 0. The summed E-state index contributed by atoms with van der Waals surface area (Å²) in [5.74, 6) is 1.75. The largest absolute Gasteiger partial charge is 0.497 e. The van der Waals surface area contributed by atoms with Crippen LogP contribution in [0.15, 0.2) is 48.8 Å². The van der Waals surface area contributed by atoms with Gasteiger partial charge in [-0.15, -0.1) is 0 Å². The summed E-state index contributed by atoms with van der Waals surface area (Å²) < 4.78 is 10.5. The second kappa shape index (κ2) is 8.98. The summed E-state index contributed by atoms with van der Waals surface area (Å²) in [5.41, 5.74) is 9.68. The van der Waals surface area contributed by atoms with E-state index in [0.29, 0.717) is 11.7 Å². The van der Waals surface area contributed by atoms with Gasteiger partial charge in [0.15, 0.2) is 0 Å². The lowest BCUT2D eigenvalue weighted by Crippen LogP contribution is -2.39. The van der Waals surface area contributed by atoms with Crippen LogP contribution in [0.4, 0.5) is 10.5 Å². The first-order chi connectivity index (χ1) is 14.6. The number of hydrogen-bond acceptors (Lipinski definition) is 6. The Balaban J connectivity index is 1.29. The van der Waals surface area contributed by atoms with Crippen molar-refractivity contribution in [1.82, 2.24) is 15.3 Å². The number of methoxy groups -OCH3 is 1. The molecule has 0 unspecified atom stereocenters. The van der Waals surface area contributed by atoms with Crippen molar-refractivity contribution in [1.29, 1.82) is 0 Å². The zero-order valence-electron chi connectivity index (χ0n) is 17.0. The zero-order chi connectivity index (χ0) is 20.9. The Morgan fingerprint density at radius 2 is 1.77 bits per heavy atom. The molecule has 3 aromatic rings. The number of nitrogens with zero attached hydrogens (tertiary/aromatic N) is 2. The number of carbonyl (C=O) groups excluding carboxylic acids is 1. The van der Waals surface area contributed by atoms with Gasteiger partial charge in [0.05, 0.1) is 18.1 Å². The first kappa shape index (κ1) is 19.9. The molecule has 1 aliphatic carbocycles. The van der Waals surface area contributed by atoms with Crippen LogP contribution >= 0.6 is 0 Å². The molecule has 0 bridgehead atoms. The molecule has 0 spiro atoms. The number of nitrogens with one attached hydrogen (secondary N) is 1. The van der Waals surface area contributed by atoms with E-state index in [1.807, 2.05) is 12.1 Å². The molecule has 3 N–H and O–H groups in total. The topological polar surface area (TPSA) is 99.4 Å². The van der Waals surface area contributed by atoms with E-state index in [0.717, 1.165) is 60.1 Å². The molecule has 7 heteroatoms. The van der Waals surface area contributed by atoms with Crippen LogP contribution in [0.5, 0.6) is 11.5 Å². The SMILES string of the molecule is COc1ccc(OC(=O)NC2CCC(Cc3cc(N)cc4nccnc34)CC2)cc1. The smallest absolute Gasteiger partial charge is 0.412 e. The number of rotatable bonds is 5. The third kappa shape index (κ3) is 4.79. The molecule has 1 aromatic heterocycles. The van der Waals surface area contributed by atoms with Crippen LogP contribution < -0.4 is 20.5 Å². The standard InChI is InChI=1S/C23H26N4O3/c1-29-19-6-8-20(9-7-19)30-23(28)27-18-4-2-15(3-5-18)12-16-13-17(24)14-21-22(16)26-11-10-25-21/h6-11,13-15,18H,2-5,12,24H2,1H3,(H,27,28). The summed E-state index contributed by atoms with van der Waals surface area (Å²) in [7, 11) is 1.60. The van der Waals surface area contributed by atoms with Crippen LogP contribution in [0.3, 0.4) is 0 Å². The minimum absolute atomic E-state index is 0.129. The number of carbonyl (C=O) groups is 1. The summed E-state index contributed by atoms with van der Waals surface area (Å²) in [6.45, 7) is 0. The number of ether oxygens (including phenoxy) is 2. The van der Waals surface area contributed by atoms with Crippen molar-refractivity contribution in [3.05, 3.63) is 54.4 Å². The van der Waals surface area contributed by atoms with Crippen molar-refractivity contribution < 1.29 is 14.3 Å². The maximum atomic E-state index is 12.2. The van der Waals surface area contributed by atoms with Gasteiger partial charge < -0.3 is 20.5 Å². The van der Waals surface area contributed by atoms with Crippen molar-refractivity contribution in [2.45, 2.75) is 38.1 Å². The fourth-order valence-corrected chi connectivity index (χ4v) is 4.10. The molecule has 7 nitrogen and oxygen atoms in total. The van der Waals surface area contributed by atoms with Crippen LogP contribution in [0, 0.1) is 5.92 Å². The maximum Gasteiger partial charge on any atom is 0.412 e. The van der Waals surface area contributed by atoms with Crippen LogP contribution in [0.25, 0.3) is 11.0 Å². The minimum Gasteiger partial charge on any atom is -0.497 e. The molecule has 0 radical (unpaired) electrons. The van der Waals surface area contributed by atoms with E-state index in [1.54, 1.807) is 43.8 Å². The number of nitrogens with two attached hydrogens (primary N) is 1. The average Bonchev–Trinajstić information content (AvgIpc) is 2.75. The number of anilines is 1. The Bertz CT molecular complexity index is 1010. The highest BCUT2D eigenvalue weighted by atomic mass is 16.6. The van der Waals surface area contributed by atoms with Crippen molar-refractivity contribution in [3.63, 3.8) is 0 Å². The molecule has 0 aliphatic heterocycles. The van der Waals surface area contributed by atoms with Crippen molar-refractivity contribution in [2.24, 2.45) is 5.92 Å². The number of hydrogen-bond donors (Lipinski definition) is 2. The van der Waals surface area contributed by atoms with Gasteiger partial charge >= 0.3 is 6.09 Å². The Kier molecular flexibility index (Phi) is 5.97. The maximum absolute atomic E-state index is 12.2. The van der Waals surface area contributed by atoms with Crippen LogP contribution in [0.1, 0.15) is 31.2 Å². The monoisotopic (exact) mass is 406 g/mol. The van der Waals surface area contributed by atoms with E-state index in [-0.39, 0.29) is 6.04 Å². The lowest BCUT2D eigenvalue weighted by Gasteiger charge is -2.29. The third-order valence-electron chi connectivity index (χ3n) is 5.62. The number of benzene rings is 2. The van der Waals surface area contributed by atoms with Crippen molar-refractivity contribution in [3.8, 4) is 11.5 Å². The van der Waals surface area contributed by atoms with Crippen molar-refractivity contribution in [2.75, 3.05) is 12.8 Å². The average molecular weight is 406 g/mol. The molecule has 0 atom stereocenters. The van der Waals surface area contributed by atoms with Gasteiger partial charge in [0.1, 0.15) is 11.5 Å². The number of nitrogen functional groups attached to an aromatic ring is 1. The molecular formula is C23H26N4O3. The third-order valence-corrected chi connectivity index (χ3v) is 5.62. The second-order valence-electron chi connectivity index (χ2n) is 7.74. The lowest BCUT2D eigenvalue weighted by molar-refractivity contribution is 0.188. The molecule has 1 saturated carbocycles.